The van der Waals surface area contributed by atoms with E-state index in [2.05, 4.69) is 29.0 Å². The Morgan fingerprint density at radius 1 is 1.15 bits per heavy atom. The monoisotopic (exact) mass is 322 g/mol. The summed E-state index contributed by atoms with van der Waals surface area (Å²) in [7, 11) is 0. The molecule has 0 amide bonds. The van der Waals surface area contributed by atoms with E-state index in [1.165, 1.54) is 5.56 Å². The molecule has 0 spiro atoms. The Morgan fingerprint density at radius 2 is 1.90 bits per heavy atom. The largest absolute Gasteiger partial charge is 0.333 e. The fourth-order valence-corrected chi connectivity index (χ4v) is 3.61. The maximum Gasteiger partial charge on any atom is 0.166 e. The van der Waals surface area contributed by atoms with Crippen molar-refractivity contribution in [3.8, 4) is 0 Å². The van der Waals surface area contributed by atoms with Crippen LogP contribution in [0.3, 0.4) is 0 Å². The Balaban J connectivity index is 1.83. The van der Waals surface area contributed by atoms with Crippen LogP contribution in [0.25, 0.3) is 11.0 Å². The fourth-order valence-electron chi connectivity index (χ4n) is 1.98. The molecule has 2 aromatic carbocycles. The van der Waals surface area contributed by atoms with Gasteiger partial charge in [0.25, 0.3) is 0 Å². The summed E-state index contributed by atoms with van der Waals surface area (Å²) in [6.07, 6.45) is 0. The topological polar surface area (TPSA) is 28.7 Å². The standard InChI is InChI=1S/C15H12Cl2N2S/c1-9-5-6-13-14(7-9)19-15(18-13)20-8-10-11(16)3-2-4-12(10)17/h2-7H,8H2,1H3,(H,18,19). The molecule has 102 valence electrons. The van der Waals surface area contributed by atoms with Crippen LogP contribution in [-0.2, 0) is 5.75 Å². The smallest absolute Gasteiger partial charge is 0.166 e. The molecule has 0 aliphatic heterocycles. The van der Waals surface area contributed by atoms with Crippen molar-refractivity contribution in [2.24, 2.45) is 0 Å². The Labute approximate surface area is 131 Å². The number of hydrogen-bond donors (Lipinski definition) is 1. The van der Waals surface area contributed by atoms with Crippen LogP contribution in [0.2, 0.25) is 10.0 Å². The average molecular weight is 323 g/mol. The predicted octanol–water partition coefficient (Wildman–Crippen LogP) is 5.47. The number of nitrogens with zero attached hydrogens (tertiary/aromatic N) is 1. The van der Waals surface area contributed by atoms with Gasteiger partial charge in [-0.05, 0) is 42.3 Å². The molecule has 0 aliphatic carbocycles. The van der Waals surface area contributed by atoms with E-state index in [0.29, 0.717) is 15.8 Å². The number of halogens is 2. The molecule has 0 saturated carbocycles. The van der Waals surface area contributed by atoms with Crippen LogP contribution in [-0.4, -0.2) is 9.97 Å². The number of H-pyrrole nitrogens is 1. The first-order valence-electron chi connectivity index (χ1n) is 6.15. The lowest BCUT2D eigenvalue weighted by Crippen LogP contribution is -1.85. The highest BCUT2D eigenvalue weighted by Crippen LogP contribution is 2.31. The number of fused-ring (bicyclic) bond motifs is 1. The van der Waals surface area contributed by atoms with Gasteiger partial charge in [-0.1, -0.05) is 47.1 Å². The summed E-state index contributed by atoms with van der Waals surface area (Å²) in [6.45, 7) is 2.07. The van der Waals surface area contributed by atoms with Crippen molar-refractivity contribution in [2.75, 3.05) is 0 Å². The summed E-state index contributed by atoms with van der Waals surface area (Å²) in [6, 6.07) is 11.7. The molecular weight excluding hydrogens is 311 g/mol. The van der Waals surface area contributed by atoms with E-state index in [1.54, 1.807) is 11.8 Å². The summed E-state index contributed by atoms with van der Waals surface area (Å²) in [4.78, 5) is 7.86. The minimum Gasteiger partial charge on any atom is -0.333 e. The Morgan fingerprint density at radius 3 is 2.65 bits per heavy atom. The van der Waals surface area contributed by atoms with E-state index in [-0.39, 0.29) is 0 Å². The Bertz CT molecular complexity index is 747. The summed E-state index contributed by atoms with van der Waals surface area (Å²) < 4.78 is 0. The predicted molar refractivity (Wildman–Crippen MR) is 86.9 cm³/mol. The first kappa shape index (κ1) is 13.8. The van der Waals surface area contributed by atoms with E-state index < -0.39 is 0 Å². The molecule has 0 fully saturated rings. The number of rotatable bonds is 3. The maximum atomic E-state index is 6.17. The van der Waals surface area contributed by atoms with Crippen molar-refractivity contribution >= 4 is 46.0 Å². The average Bonchev–Trinajstić information content (AvgIpc) is 2.80. The molecule has 0 radical (unpaired) electrons. The van der Waals surface area contributed by atoms with Crippen LogP contribution in [0.5, 0.6) is 0 Å². The van der Waals surface area contributed by atoms with Crippen molar-refractivity contribution in [1.82, 2.24) is 9.97 Å². The third-order valence-electron chi connectivity index (χ3n) is 3.03. The van der Waals surface area contributed by atoms with Crippen molar-refractivity contribution < 1.29 is 0 Å². The number of thioether (sulfide) groups is 1. The van der Waals surface area contributed by atoms with Crippen LogP contribution in [0.4, 0.5) is 0 Å². The minimum absolute atomic E-state index is 0.692. The van der Waals surface area contributed by atoms with Gasteiger partial charge in [0.2, 0.25) is 0 Å². The third kappa shape index (κ3) is 2.80. The van der Waals surface area contributed by atoms with Crippen molar-refractivity contribution in [3.05, 3.63) is 57.6 Å². The van der Waals surface area contributed by atoms with Gasteiger partial charge < -0.3 is 4.98 Å². The number of nitrogens with one attached hydrogen (secondary N) is 1. The highest BCUT2D eigenvalue weighted by atomic mass is 35.5. The summed E-state index contributed by atoms with van der Waals surface area (Å²) >= 11 is 13.9. The van der Waals surface area contributed by atoms with Gasteiger partial charge in [0.05, 0.1) is 11.0 Å². The molecule has 5 heteroatoms. The first-order valence-corrected chi connectivity index (χ1v) is 7.90. The van der Waals surface area contributed by atoms with E-state index >= 15 is 0 Å². The maximum absolute atomic E-state index is 6.17. The number of aromatic nitrogens is 2. The number of aryl methyl sites for hydroxylation is 1. The lowest BCUT2D eigenvalue weighted by atomic mass is 10.2. The van der Waals surface area contributed by atoms with Crippen molar-refractivity contribution in [1.29, 1.82) is 0 Å². The van der Waals surface area contributed by atoms with Gasteiger partial charge in [0.15, 0.2) is 5.16 Å². The van der Waals surface area contributed by atoms with Crippen LogP contribution >= 0.6 is 35.0 Å². The number of imidazole rings is 1. The second kappa shape index (κ2) is 5.68. The molecule has 2 nitrogen and oxygen atoms in total. The number of benzene rings is 2. The Kier molecular flexibility index (Phi) is 3.92. The zero-order valence-corrected chi connectivity index (χ0v) is 13.1. The van der Waals surface area contributed by atoms with E-state index in [9.17, 15) is 0 Å². The van der Waals surface area contributed by atoms with Gasteiger partial charge in [0, 0.05) is 15.8 Å². The molecule has 0 bridgehead atoms. The number of aromatic amines is 1. The lowest BCUT2D eigenvalue weighted by molar-refractivity contribution is 1.08. The second-order valence-corrected chi connectivity index (χ2v) is 6.33. The van der Waals surface area contributed by atoms with Crippen molar-refractivity contribution in [3.63, 3.8) is 0 Å². The zero-order valence-electron chi connectivity index (χ0n) is 10.8. The molecule has 1 heterocycles. The molecule has 20 heavy (non-hydrogen) atoms. The molecule has 0 aliphatic rings. The number of hydrogen-bond acceptors (Lipinski definition) is 2. The minimum atomic E-state index is 0.692. The van der Waals surface area contributed by atoms with Crippen LogP contribution in [0.1, 0.15) is 11.1 Å². The van der Waals surface area contributed by atoms with E-state index in [1.807, 2.05) is 24.3 Å². The molecule has 1 N–H and O–H groups in total. The van der Waals surface area contributed by atoms with Gasteiger partial charge in [-0.3, -0.25) is 0 Å². The van der Waals surface area contributed by atoms with Gasteiger partial charge in [0.1, 0.15) is 0 Å². The summed E-state index contributed by atoms with van der Waals surface area (Å²) in [5.41, 5.74) is 4.19. The highest BCUT2D eigenvalue weighted by Gasteiger charge is 2.08. The van der Waals surface area contributed by atoms with E-state index in [0.717, 1.165) is 21.8 Å². The highest BCUT2D eigenvalue weighted by molar-refractivity contribution is 7.98. The molecule has 0 atom stereocenters. The van der Waals surface area contributed by atoms with Gasteiger partial charge >= 0.3 is 0 Å². The molecule has 3 rings (SSSR count). The summed E-state index contributed by atoms with van der Waals surface area (Å²) in [5, 5.41) is 2.26. The molecule has 3 aromatic rings. The molecule has 0 saturated heterocycles. The molecule has 1 aromatic heterocycles. The quantitative estimate of drug-likeness (QED) is 0.647. The van der Waals surface area contributed by atoms with Crippen LogP contribution < -0.4 is 0 Å². The normalized spacial score (nSPS) is 11.2. The second-order valence-electron chi connectivity index (χ2n) is 4.55. The first-order chi connectivity index (χ1) is 9.63. The van der Waals surface area contributed by atoms with E-state index in [4.69, 9.17) is 23.2 Å². The van der Waals surface area contributed by atoms with Crippen LogP contribution in [0.15, 0.2) is 41.6 Å². The van der Waals surface area contributed by atoms with Gasteiger partial charge in [-0.15, -0.1) is 0 Å². The molecular formula is C15H12Cl2N2S. The SMILES string of the molecule is Cc1ccc2nc(SCc3c(Cl)cccc3Cl)[nH]c2c1. The lowest BCUT2D eigenvalue weighted by Gasteiger charge is -2.04. The van der Waals surface area contributed by atoms with Crippen LogP contribution in [0, 0.1) is 6.92 Å². The van der Waals surface area contributed by atoms with Gasteiger partial charge in [-0.2, -0.15) is 0 Å². The zero-order chi connectivity index (χ0) is 14.1. The van der Waals surface area contributed by atoms with Gasteiger partial charge in [-0.25, -0.2) is 4.98 Å². The molecule has 0 unspecified atom stereocenters. The Hall–Kier alpha value is -1.16. The fraction of sp³-hybridized carbons (Fsp3) is 0.133. The summed E-state index contributed by atoms with van der Waals surface area (Å²) in [5.74, 6) is 0.692. The van der Waals surface area contributed by atoms with Crippen molar-refractivity contribution in [2.45, 2.75) is 17.8 Å². The third-order valence-corrected chi connectivity index (χ3v) is 4.64.